The molecule has 128 valence electrons. The lowest BCUT2D eigenvalue weighted by Gasteiger charge is -2.09. The summed E-state index contributed by atoms with van der Waals surface area (Å²) in [5, 5.41) is 3.91. The van der Waals surface area contributed by atoms with Gasteiger partial charge in [0.1, 0.15) is 6.54 Å². The van der Waals surface area contributed by atoms with Crippen LogP contribution in [0.15, 0.2) is 41.5 Å². The van der Waals surface area contributed by atoms with Crippen LogP contribution >= 0.6 is 68.4 Å². The first-order chi connectivity index (χ1) is 11.8. The maximum absolute atomic E-state index is 12.6. The minimum atomic E-state index is -0.359. The van der Waals surface area contributed by atoms with E-state index >= 15 is 0 Å². The predicted molar refractivity (Wildman–Crippen MR) is 117 cm³/mol. The average molecular weight is 600 g/mol. The van der Waals surface area contributed by atoms with Crippen molar-refractivity contribution in [3.05, 3.63) is 64.2 Å². The van der Waals surface area contributed by atoms with Gasteiger partial charge in [0.25, 0.3) is 5.56 Å². The number of carbonyl (C=O) groups excluding carboxylic acids is 1. The highest BCUT2D eigenvalue weighted by molar-refractivity contribution is 14.1. The summed E-state index contributed by atoms with van der Waals surface area (Å²) in [6.07, 6.45) is 1.38. The number of nitrogens with zero attached hydrogens (tertiary/aromatic N) is 2. The zero-order valence-corrected chi connectivity index (χ0v) is 18.2. The van der Waals surface area contributed by atoms with Crippen LogP contribution in [-0.4, -0.2) is 15.5 Å². The van der Waals surface area contributed by atoms with Crippen LogP contribution in [0.3, 0.4) is 0 Å². The van der Waals surface area contributed by atoms with Gasteiger partial charge in [0.15, 0.2) is 0 Å². The molecule has 0 bridgehead atoms. The summed E-state index contributed by atoms with van der Waals surface area (Å²) >= 11 is 16.1. The SMILES string of the molecule is O=C(Cn1cnc2c(I)cc(I)cc2c1=O)Nc1ccc(Cl)c(Cl)c1. The molecule has 9 heteroatoms. The fourth-order valence-corrected chi connectivity index (χ4v) is 4.52. The third-order valence-electron chi connectivity index (χ3n) is 3.36. The molecule has 1 N–H and O–H groups in total. The molecule has 0 fully saturated rings. The third-order valence-corrected chi connectivity index (χ3v) is 5.55. The molecule has 1 aromatic heterocycles. The Bertz CT molecular complexity index is 1050. The van der Waals surface area contributed by atoms with E-state index in [-0.39, 0.29) is 18.0 Å². The summed E-state index contributed by atoms with van der Waals surface area (Å²) in [5.41, 5.74) is 0.878. The van der Waals surface area contributed by atoms with E-state index in [1.807, 2.05) is 6.07 Å². The summed E-state index contributed by atoms with van der Waals surface area (Å²) in [6, 6.07) is 8.48. The lowest BCUT2D eigenvalue weighted by molar-refractivity contribution is -0.116. The van der Waals surface area contributed by atoms with Gasteiger partial charge >= 0.3 is 0 Å². The van der Waals surface area contributed by atoms with E-state index in [4.69, 9.17) is 23.2 Å². The number of benzene rings is 2. The maximum Gasteiger partial charge on any atom is 0.261 e. The van der Waals surface area contributed by atoms with Crippen LogP contribution in [0, 0.1) is 7.14 Å². The van der Waals surface area contributed by atoms with E-state index in [0.29, 0.717) is 26.6 Å². The lowest BCUT2D eigenvalue weighted by atomic mass is 10.2. The summed E-state index contributed by atoms with van der Waals surface area (Å²) in [4.78, 5) is 29.1. The molecular weight excluding hydrogens is 591 g/mol. The smallest absolute Gasteiger partial charge is 0.261 e. The number of amides is 1. The predicted octanol–water partition coefficient (Wildman–Crippen LogP) is 4.55. The number of hydrogen-bond acceptors (Lipinski definition) is 3. The van der Waals surface area contributed by atoms with Gasteiger partial charge in [0, 0.05) is 12.8 Å². The molecule has 0 aliphatic heterocycles. The molecule has 25 heavy (non-hydrogen) atoms. The van der Waals surface area contributed by atoms with Crippen LogP contribution in [0.1, 0.15) is 0 Å². The van der Waals surface area contributed by atoms with E-state index in [9.17, 15) is 9.59 Å². The van der Waals surface area contributed by atoms with E-state index in [1.54, 1.807) is 24.3 Å². The molecule has 0 aliphatic carbocycles. The van der Waals surface area contributed by atoms with E-state index in [1.165, 1.54) is 10.9 Å². The summed E-state index contributed by atoms with van der Waals surface area (Å²) < 4.78 is 3.11. The molecular formula is C16H9Cl2I2N3O2. The van der Waals surface area contributed by atoms with Gasteiger partial charge in [-0.3, -0.25) is 14.2 Å². The van der Waals surface area contributed by atoms with Crippen LogP contribution in [0.2, 0.25) is 10.0 Å². The van der Waals surface area contributed by atoms with Crippen LogP contribution in [-0.2, 0) is 11.3 Å². The maximum atomic E-state index is 12.6. The Labute approximate surface area is 180 Å². The van der Waals surface area contributed by atoms with Gasteiger partial charge in [-0.2, -0.15) is 0 Å². The zero-order chi connectivity index (χ0) is 18.1. The first-order valence-corrected chi connectivity index (χ1v) is 9.85. The van der Waals surface area contributed by atoms with Crippen LogP contribution in [0.4, 0.5) is 5.69 Å². The number of carbonyl (C=O) groups is 1. The molecule has 0 saturated heterocycles. The average Bonchev–Trinajstić information content (AvgIpc) is 2.54. The highest BCUT2D eigenvalue weighted by Crippen LogP contribution is 2.25. The van der Waals surface area contributed by atoms with E-state index < -0.39 is 0 Å². The van der Waals surface area contributed by atoms with Crippen molar-refractivity contribution >= 4 is 90.9 Å². The molecule has 0 aliphatic rings. The highest BCUT2D eigenvalue weighted by Gasteiger charge is 2.11. The van der Waals surface area contributed by atoms with Crippen molar-refractivity contribution < 1.29 is 4.79 Å². The van der Waals surface area contributed by atoms with Gasteiger partial charge in [-0.1, -0.05) is 23.2 Å². The van der Waals surface area contributed by atoms with Crippen LogP contribution < -0.4 is 10.9 Å². The summed E-state index contributed by atoms with van der Waals surface area (Å²) in [7, 11) is 0. The summed E-state index contributed by atoms with van der Waals surface area (Å²) in [5.74, 6) is -0.359. The standard InChI is InChI=1S/C16H9Cl2I2N3O2/c17-11-2-1-9(5-12(11)18)22-14(24)6-23-7-21-15-10(16(23)25)3-8(19)4-13(15)20/h1-5,7H,6H2,(H,22,24). The molecule has 3 aromatic rings. The van der Waals surface area contributed by atoms with Gasteiger partial charge in [-0.05, 0) is 75.5 Å². The van der Waals surface area contributed by atoms with Crippen molar-refractivity contribution in [3.63, 3.8) is 0 Å². The van der Waals surface area contributed by atoms with Gasteiger partial charge in [-0.15, -0.1) is 0 Å². The van der Waals surface area contributed by atoms with Crippen molar-refractivity contribution in [1.82, 2.24) is 9.55 Å². The third kappa shape index (κ3) is 4.26. The minimum absolute atomic E-state index is 0.149. The van der Waals surface area contributed by atoms with Gasteiger partial charge in [0.2, 0.25) is 5.91 Å². The fraction of sp³-hybridized carbons (Fsp3) is 0.0625. The molecule has 1 heterocycles. The van der Waals surface area contributed by atoms with Crippen molar-refractivity contribution in [1.29, 1.82) is 0 Å². The van der Waals surface area contributed by atoms with Crippen molar-refractivity contribution in [2.24, 2.45) is 0 Å². The molecule has 0 radical (unpaired) electrons. The van der Waals surface area contributed by atoms with Crippen molar-refractivity contribution in [2.75, 3.05) is 5.32 Å². The molecule has 5 nitrogen and oxygen atoms in total. The quantitative estimate of drug-likeness (QED) is 0.450. The number of anilines is 1. The second kappa shape index (κ2) is 7.77. The normalized spacial score (nSPS) is 10.9. The Morgan fingerprint density at radius 1 is 1.16 bits per heavy atom. The van der Waals surface area contributed by atoms with Gasteiger partial charge in [0.05, 0.1) is 27.3 Å². The zero-order valence-electron chi connectivity index (χ0n) is 12.4. The number of rotatable bonds is 3. The molecule has 0 unspecified atom stereocenters. The second-order valence-corrected chi connectivity index (χ2v) is 8.36. The van der Waals surface area contributed by atoms with E-state index in [0.717, 1.165) is 7.14 Å². The Kier molecular flexibility index (Phi) is 5.86. The van der Waals surface area contributed by atoms with Crippen molar-refractivity contribution in [3.8, 4) is 0 Å². The lowest BCUT2D eigenvalue weighted by Crippen LogP contribution is -2.28. The second-order valence-electron chi connectivity index (χ2n) is 5.14. The van der Waals surface area contributed by atoms with Gasteiger partial charge in [-0.25, -0.2) is 4.98 Å². The largest absolute Gasteiger partial charge is 0.324 e. The molecule has 0 spiro atoms. The number of halogens is 4. The molecule has 2 aromatic carbocycles. The Balaban J connectivity index is 1.87. The Hall–Kier alpha value is -0.910. The first-order valence-electron chi connectivity index (χ1n) is 6.94. The molecule has 0 saturated carbocycles. The fourth-order valence-electron chi connectivity index (χ4n) is 2.24. The monoisotopic (exact) mass is 599 g/mol. The summed E-state index contributed by atoms with van der Waals surface area (Å²) in [6.45, 7) is -0.149. The molecule has 3 rings (SSSR count). The van der Waals surface area contributed by atoms with Gasteiger partial charge < -0.3 is 5.32 Å². The number of fused-ring (bicyclic) bond motifs is 1. The Morgan fingerprint density at radius 2 is 1.92 bits per heavy atom. The highest BCUT2D eigenvalue weighted by atomic mass is 127. The topological polar surface area (TPSA) is 64.0 Å². The number of aromatic nitrogens is 2. The van der Waals surface area contributed by atoms with Crippen LogP contribution in [0.5, 0.6) is 0 Å². The van der Waals surface area contributed by atoms with Crippen LogP contribution in [0.25, 0.3) is 10.9 Å². The Morgan fingerprint density at radius 3 is 2.64 bits per heavy atom. The minimum Gasteiger partial charge on any atom is -0.324 e. The van der Waals surface area contributed by atoms with Crippen molar-refractivity contribution in [2.45, 2.75) is 6.54 Å². The van der Waals surface area contributed by atoms with E-state index in [2.05, 4.69) is 55.5 Å². The number of nitrogens with one attached hydrogen (secondary N) is 1. The molecule has 0 atom stereocenters. The molecule has 1 amide bonds. The first kappa shape index (κ1) is 18.9. The number of hydrogen-bond donors (Lipinski definition) is 1.